The van der Waals surface area contributed by atoms with Gasteiger partial charge in [0, 0.05) is 18.3 Å². The Kier molecular flexibility index (Phi) is 3.07. The van der Waals surface area contributed by atoms with Gasteiger partial charge in [0.15, 0.2) is 11.0 Å². The van der Waals surface area contributed by atoms with E-state index in [4.69, 9.17) is 11.6 Å². The van der Waals surface area contributed by atoms with Crippen LogP contribution in [0, 0.1) is 17.8 Å². The Hall–Kier alpha value is -1.36. The molecule has 2 saturated carbocycles. The summed E-state index contributed by atoms with van der Waals surface area (Å²) in [5.41, 5.74) is 5.42. The third kappa shape index (κ3) is 2.14. The van der Waals surface area contributed by atoms with Gasteiger partial charge in [-0.25, -0.2) is 9.97 Å². The smallest absolute Gasteiger partial charge is 0.242 e. The summed E-state index contributed by atoms with van der Waals surface area (Å²) in [5.74, 6) is 1.80. The molecule has 1 unspecified atom stereocenters. The Balaban J connectivity index is 1.55. The van der Waals surface area contributed by atoms with Gasteiger partial charge in [0.1, 0.15) is 0 Å². The van der Waals surface area contributed by atoms with Crippen molar-refractivity contribution in [3.8, 4) is 0 Å². The third-order valence-corrected chi connectivity index (χ3v) is 4.19. The summed E-state index contributed by atoms with van der Waals surface area (Å²) in [6.45, 7) is 0. The zero-order chi connectivity index (χ0) is 12.5. The number of nitrogens with zero attached hydrogens (tertiary/aromatic N) is 2. The van der Waals surface area contributed by atoms with E-state index in [-0.39, 0.29) is 17.0 Å². The van der Waals surface area contributed by atoms with E-state index in [1.54, 1.807) is 0 Å². The van der Waals surface area contributed by atoms with Gasteiger partial charge in [0.25, 0.3) is 0 Å². The van der Waals surface area contributed by atoms with Crippen LogP contribution in [0.3, 0.4) is 0 Å². The topological polar surface area (TPSA) is 66.9 Å². The normalized spacial score (nSPS) is 29.3. The second-order valence-corrected chi connectivity index (χ2v) is 5.31. The molecule has 1 amide bonds. The van der Waals surface area contributed by atoms with Crippen molar-refractivity contribution in [3.63, 3.8) is 0 Å². The summed E-state index contributed by atoms with van der Waals surface area (Å²) in [6, 6.07) is 0. The van der Waals surface area contributed by atoms with E-state index in [2.05, 4.69) is 20.8 Å². The molecule has 2 aliphatic rings. The molecule has 2 aliphatic carbocycles. The van der Waals surface area contributed by atoms with Gasteiger partial charge < -0.3 is 0 Å². The average Bonchev–Trinajstić information content (AvgIpc) is 3.12. The number of anilines is 1. The fourth-order valence-corrected chi connectivity index (χ4v) is 3.14. The first kappa shape index (κ1) is 11.7. The highest BCUT2D eigenvalue weighted by atomic mass is 35.5. The molecular weight excluding hydrogens is 252 g/mol. The minimum atomic E-state index is 0.0496. The highest BCUT2D eigenvalue weighted by molar-refractivity contribution is 6.31. The van der Waals surface area contributed by atoms with Crippen LogP contribution in [-0.2, 0) is 4.79 Å². The quantitative estimate of drug-likeness (QED) is 0.822. The van der Waals surface area contributed by atoms with Crippen molar-refractivity contribution < 1.29 is 4.79 Å². The lowest BCUT2D eigenvalue weighted by Gasteiger charge is -2.07. The van der Waals surface area contributed by atoms with Gasteiger partial charge >= 0.3 is 0 Å². The largest absolute Gasteiger partial charge is 0.279 e. The van der Waals surface area contributed by atoms with Crippen molar-refractivity contribution in [2.75, 3.05) is 5.43 Å². The number of carbonyl (C=O) groups is 1. The molecule has 6 heteroatoms. The van der Waals surface area contributed by atoms with Gasteiger partial charge in [0.05, 0.1) is 0 Å². The van der Waals surface area contributed by atoms with E-state index in [9.17, 15) is 4.79 Å². The highest BCUT2D eigenvalue weighted by Crippen LogP contribution is 2.55. The van der Waals surface area contributed by atoms with Crippen LogP contribution in [0.15, 0.2) is 12.4 Å². The standard InChI is InChI=1S/C12H15ClN4O/c13-10-11(15-6-5-14-10)16-17-12(18)9-7-3-1-2-4-8(7)9/h5-9H,1-4H2,(H,15,16)(H,17,18)/t7-,8+,9?. The Morgan fingerprint density at radius 1 is 1.22 bits per heavy atom. The van der Waals surface area contributed by atoms with E-state index in [1.807, 2.05) is 0 Å². The van der Waals surface area contributed by atoms with Crippen molar-refractivity contribution in [3.05, 3.63) is 17.5 Å². The summed E-state index contributed by atoms with van der Waals surface area (Å²) in [6.07, 6.45) is 7.92. The predicted octanol–water partition coefficient (Wildman–Crippen LogP) is 2.01. The van der Waals surface area contributed by atoms with Gasteiger partial charge in [-0.2, -0.15) is 0 Å². The fraction of sp³-hybridized carbons (Fsp3) is 0.583. The highest BCUT2D eigenvalue weighted by Gasteiger charge is 2.54. The SMILES string of the molecule is O=C(NNc1nccnc1Cl)C1[C@H]2CCCC[C@@H]12. The number of nitrogens with one attached hydrogen (secondary N) is 2. The Bertz CT molecular complexity index is 455. The first-order chi connectivity index (χ1) is 8.77. The Labute approximate surface area is 110 Å². The van der Waals surface area contributed by atoms with Crippen LogP contribution in [0.25, 0.3) is 0 Å². The molecule has 0 aliphatic heterocycles. The van der Waals surface area contributed by atoms with Gasteiger partial charge in [-0.3, -0.25) is 15.6 Å². The lowest BCUT2D eigenvalue weighted by molar-refractivity contribution is -0.122. The molecule has 0 radical (unpaired) electrons. The second kappa shape index (κ2) is 4.72. The molecule has 96 valence electrons. The van der Waals surface area contributed by atoms with Crippen molar-refractivity contribution in [2.45, 2.75) is 25.7 Å². The van der Waals surface area contributed by atoms with Crippen LogP contribution in [0.5, 0.6) is 0 Å². The van der Waals surface area contributed by atoms with Crippen molar-refractivity contribution in [1.82, 2.24) is 15.4 Å². The zero-order valence-corrected chi connectivity index (χ0v) is 10.7. The predicted molar refractivity (Wildman–Crippen MR) is 67.7 cm³/mol. The Morgan fingerprint density at radius 3 is 2.56 bits per heavy atom. The molecule has 3 atom stereocenters. The third-order valence-electron chi connectivity index (χ3n) is 3.92. The van der Waals surface area contributed by atoms with Gasteiger partial charge in [-0.05, 0) is 24.7 Å². The number of hydrazine groups is 1. The minimum Gasteiger partial charge on any atom is -0.279 e. The molecule has 18 heavy (non-hydrogen) atoms. The second-order valence-electron chi connectivity index (χ2n) is 4.95. The molecule has 0 aromatic carbocycles. The molecule has 5 nitrogen and oxygen atoms in total. The number of rotatable bonds is 3. The van der Waals surface area contributed by atoms with E-state index in [0.29, 0.717) is 17.7 Å². The first-order valence-electron chi connectivity index (χ1n) is 6.30. The molecule has 0 bridgehead atoms. The number of aromatic nitrogens is 2. The minimum absolute atomic E-state index is 0.0496. The van der Waals surface area contributed by atoms with Gasteiger partial charge in [-0.1, -0.05) is 24.4 Å². The molecule has 2 N–H and O–H groups in total. The summed E-state index contributed by atoms with van der Waals surface area (Å²) >= 11 is 5.84. The van der Waals surface area contributed by atoms with Gasteiger partial charge in [-0.15, -0.1) is 0 Å². The van der Waals surface area contributed by atoms with E-state index in [1.165, 1.54) is 38.1 Å². The molecule has 1 heterocycles. The summed E-state index contributed by atoms with van der Waals surface area (Å²) < 4.78 is 0. The molecule has 0 spiro atoms. The molecule has 2 fully saturated rings. The molecule has 1 aromatic rings. The molecular formula is C12H15ClN4O. The number of hydrogen-bond donors (Lipinski definition) is 2. The number of fused-ring (bicyclic) bond motifs is 1. The summed E-state index contributed by atoms with van der Waals surface area (Å²) in [4.78, 5) is 19.9. The zero-order valence-electron chi connectivity index (χ0n) is 9.90. The fourth-order valence-electron chi connectivity index (χ4n) is 2.99. The number of hydrogen-bond acceptors (Lipinski definition) is 4. The van der Waals surface area contributed by atoms with Crippen LogP contribution in [0.4, 0.5) is 5.82 Å². The maximum Gasteiger partial charge on any atom is 0.242 e. The molecule has 3 rings (SSSR count). The first-order valence-corrected chi connectivity index (χ1v) is 6.67. The average molecular weight is 267 g/mol. The lowest BCUT2D eigenvalue weighted by Crippen LogP contribution is -2.32. The monoisotopic (exact) mass is 266 g/mol. The lowest BCUT2D eigenvalue weighted by atomic mass is 10.0. The van der Waals surface area contributed by atoms with Crippen molar-refractivity contribution >= 4 is 23.3 Å². The van der Waals surface area contributed by atoms with Crippen molar-refractivity contribution in [1.29, 1.82) is 0 Å². The van der Waals surface area contributed by atoms with Gasteiger partial charge in [0.2, 0.25) is 5.91 Å². The van der Waals surface area contributed by atoms with Crippen molar-refractivity contribution in [2.24, 2.45) is 17.8 Å². The van der Waals surface area contributed by atoms with Crippen LogP contribution in [0.2, 0.25) is 5.15 Å². The molecule has 0 saturated heterocycles. The molecule has 1 aromatic heterocycles. The maximum atomic E-state index is 12.0. The Morgan fingerprint density at radius 2 is 1.89 bits per heavy atom. The van der Waals surface area contributed by atoms with E-state index >= 15 is 0 Å². The van der Waals surface area contributed by atoms with Crippen LogP contribution < -0.4 is 10.9 Å². The van der Waals surface area contributed by atoms with Crippen LogP contribution in [-0.4, -0.2) is 15.9 Å². The summed E-state index contributed by atoms with van der Waals surface area (Å²) in [5, 5.41) is 0.256. The van der Waals surface area contributed by atoms with E-state index in [0.717, 1.165) is 0 Å². The summed E-state index contributed by atoms with van der Waals surface area (Å²) in [7, 11) is 0. The number of carbonyl (C=O) groups excluding carboxylic acids is 1. The number of halogens is 1. The maximum absolute atomic E-state index is 12.0. The van der Waals surface area contributed by atoms with E-state index < -0.39 is 0 Å². The van der Waals surface area contributed by atoms with Crippen LogP contribution in [0.1, 0.15) is 25.7 Å². The number of amides is 1. The van der Waals surface area contributed by atoms with Crippen LogP contribution >= 0.6 is 11.6 Å².